The Hall–Kier alpha value is -1.81. The van der Waals surface area contributed by atoms with E-state index in [1.165, 1.54) is 0 Å². The van der Waals surface area contributed by atoms with E-state index < -0.39 is 0 Å². The van der Waals surface area contributed by atoms with Crippen molar-refractivity contribution < 1.29 is 4.74 Å². The third-order valence-corrected chi connectivity index (χ3v) is 3.40. The number of pyridine rings is 1. The zero-order valence-corrected chi connectivity index (χ0v) is 11.2. The molecule has 0 fully saturated rings. The van der Waals surface area contributed by atoms with Crippen LogP contribution < -0.4 is 16.0 Å². The highest BCUT2D eigenvalue weighted by Crippen LogP contribution is 2.29. The van der Waals surface area contributed by atoms with Gasteiger partial charge in [0.25, 0.3) is 5.56 Å². The van der Waals surface area contributed by atoms with Gasteiger partial charge in [-0.25, -0.2) is 0 Å². The van der Waals surface area contributed by atoms with Crippen molar-refractivity contribution in [3.05, 3.63) is 39.2 Å². The van der Waals surface area contributed by atoms with Gasteiger partial charge in [0.15, 0.2) is 0 Å². The summed E-state index contributed by atoms with van der Waals surface area (Å²) >= 11 is 0. The molecule has 0 spiro atoms. The van der Waals surface area contributed by atoms with Crippen molar-refractivity contribution in [2.75, 3.05) is 7.11 Å². The van der Waals surface area contributed by atoms with Crippen molar-refractivity contribution in [3.8, 4) is 5.75 Å². The van der Waals surface area contributed by atoms with Crippen molar-refractivity contribution in [1.82, 2.24) is 4.57 Å². The third kappa shape index (κ3) is 1.69. The maximum atomic E-state index is 12.2. The number of hydrogen-bond acceptors (Lipinski definition) is 3. The van der Waals surface area contributed by atoms with Crippen molar-refractivity contribution in [2.24, 2.45) is 12.8 Å². The van der Waals surface area contributed by atoms with Crippen molar-refractivity contribution in [1.29, 1.82) is 0 Å². The van der Waals surface area contributed by atoms with E-state index in [4.69, 9.17) is 10.5 Å². The lowest BCUT2D eigenvalue weighted by Gasteiger charge is -2.15. The fourth-order valence-corrected chi connectivity index (χ4v) is 2.40. The van der Waals surface area contributed by atoms with Crippen LogP contribution in [0.4, 0.5) is 0 Å². The van der Waals surface area contributed by atoms with Crippen LogP contribution in [0.15, 0.2) is 16.9 Å². The Morgan fingerprint density at radius 1 is 1.33 bits per heavy atom. The molecule has 0 aliphatic carbocycles. The van der Waals surface area contributed by atoms with Crippen LogP contribution in [0.25, 0.3) is 10.9 Å². The summed E-state index contributed by atoms with van der Waals surface area (Å²) in [6.45, 7) is 4.20. The number of rotatable bonds is 2. The number of ether oxygens (including phenoxy) is 1. The van der Waals surface area contributed by atoms with Gasteiger partial charge >= 0.3 is 0 Å². The van der Waals surface area contributed by atoms with Gasteiger partial charge < -0.3 is 15.0 Å². The van der Waals surface area contributed by atoms with Gasteiger partial charge in [0.05, 0.1) is 12.6 Å². The van der Waals surface area contributed by atoms with E-state index >= 15 is 0 Å². The quantitative estimate of drug-likeness (QED) is 0.876. The molecule has 18 heavy (non-hydrogen) atoms. The second-order valence-electron chi connectivity index (χ2n) is 4.54. The molecule has 4 heteroatoms. The predicted octanol–water partition coefficient (Wildman–Crippen LogP) is 1.62. The molecule has 0 bridgehead atoms. The van der Waals surface area contributed by atoms with Gasteiger partial charge in [-0.05, 0) is 37.1 Å². The Kier molecular flexibility index (Phi) is 3.13. The van der Waals surface area contributed by atoms with Crippen LogP contribution >= 0.6 is 0 Å². The lowest BCUT2D eigenvalue weighted by molar-refractivity contribution is 0.417. The molecule has 0 aliphatic heterocycles. The lowest BCUT2D eigenvalue weighted by atomic mass is 10.0. The smallest absolute Gasteiger partial charge is 0.255 e. The highest BCUT2D eigenvalue weighted by Gasteiger charge is 2.14. The van der Waals surface area contributed by atoms with Crippen LogP contribution in [-0.2, 0) is 13.6 Å². The van der Waals surface area contributed by atoms with Gasteiger partial charge in [-0.3, -0.25) is 4.79 Å². The Labute approximate surface area is 106 Å². The number of aromatic nitrogens is 1. The normalized spacial score (nSPS) is 10.9. The Balaban J connectivity index is 3.07. The maximum absolute atomic E-state index is 12.2. The Bertz CT molecular complexity index is 672. The summed E-state index contributed by atoms with van der Waals surface area (Å²) in [5.74, 6) is 0.719. The molecule has 4 nitrogen and oxygen atoms in total. The molecule has 0 radical (unpaired) electrons. The van der Waals surface area contributed by atoms with Crippen LogP contribution in [0.3, 0.4) is 0 Å². The molecule has 2 N–H and O–H groups in total. The van der Waals surface area contributed by atoms with Crippen LogP contribution in [-0.4, -0.2) is 11.7 Å². The monoisotopic (exact) mass is 246 g/mol. The average Bonchev–Trinajstić information content (AvgIpc) is 2.35. The number of methoxy groups -OCH3 is 1. The first-order valence-electron chi connectivity index (χ1n) is 5.88. The lowest BCUT2D eigenvalue weighted by Crippen LogP contribution is -2.25. The van der Waals surface area contributed by atoms with Crippen LogP contribution in [0, 0.1) is 13.8 Å². The van der Waals surface area contributed by atoms with Gasteiger partial charge in [0.1, 0.15) is 5.75 Å². The molecule has 2 rings (SSSR count). The first-order chi connectivity index (χ1) is 8.51. The third-order valence-electron chi connectivity index (χ3n) is 3.40. The molecular formula is C14H18N2O2. The zero-order valence-electron chi connectivity index (χ0n) is 11.2. The molecule has 1 aromatic carbocycles. The van der Waals surface area contributed by atoms with Gasteiger partial charge in [-0.1, -0.05) is 0 Å². The predicted molar refractivity (Wildman–Crippen MR) is 73.1 cm³/mol. The van der Waals surface area contributed by atoms with Gasteiger partial charge in [-0.2, -0.15) is 0 Å². The second kappa shape index (κ2) is 4.46. The van der Waals surface area contributed by atoms with Crippen molar-refractivity contribution >= 4 is 10.9 Å². The topological polar surface area (TPSA) is 57.2 Å². The summed E-state index contributed by atoms with van der Waals surface area (Å²) in [6, 6.07) is 4.00. The molecule has 0 aliphatic rings. The number of aryl methyl sites for hydroxylation is 3. The summed E-state index contributed by atoms with van der Waals surface area (Å²) in [6.07, 6.45) is 0. The summed E-state index contributed by atoms with van der Waals surface area (Å²) < 4.78 is 7.00. The number of nitrogens with two attached hydrogens (primary N) is 1. The first kappa shape index (κ1) is 12.6. The molecule has 2 aromatic rings. The fraction of sp³-hybridized carbons (Fsp3) is 0.357. The standard InChI is InChI=1S/C14H18N2O2/c1-8-5-10-9(2)11(7-15)14(17)16(3)13(10)12(6-8)18-4/h5-6H,7,15H2,1-4H3. The molecular weight excluding hydrogens is 228 g/mol. The molecule has 0 atom stereocenters. The summed E-state index contributed by atoms with van der Waals surface area (Å²) in [5.41, 5.74) is 9.15. The number of fused-ring (bicyclic) bond motifs is 1. The number of hydrogen-bond donors (Lipinski definition) is 1. The van der Waals surface area contributed by atoms with Crippen LogP contribution in [0.5, 0.6) is 5.75 Å². The highest BCUT2D eigenvalue weighted by atomic mass is 16.5. The maximum Gasteiger partial charge on any atom is 0.255 e. The van der Waals surface area contributed by atoms with E-state index in [1.807, 2.05) is 19.9 Å². The minimum atomic E-state index is -0.0512. The molecule has 96 valence electrons. The van der Waals surface area contributed by atoms with E-state index in [0.717, 1.165) is 27.8 Å². The average molecular weight is 246 g/mol. The van der Waals surface area contributed by atoms with Gasteiger partial charge in [-0.15, -0.1) is 0 Å². The minimum Gasteiger partial charge on any atom is -0.495 e. The summed E-state index contributed by atoms with van der Waals surface area (Å²) in [4.78, 5) is 12.2. The number of nitrogens with zero attached hydrogens (tertiary/aromatic N) is 1. The van der Waals surface area contributed by atoms with E-state index in [2.05, 4.69) is 6.07 Å². The fourth-order valence-electron chi connectivity index (χ4n) is 2.40. The van der Waals surface area contributed by atoms with Crippen molar-refractivity contribution in [3.63, 3.8) is 0 Å². The van der Waals surface area contributed by atoms with E-state index in [1.54, 1.807) is 18.7 Å². The number of benzene rings is 1. The second-order valence-corrected chi connectivity index (χ2v) is 4.54. The Morgan fingerprint density at radius 3 is 2.56 bits per heavy atom. The largest absolute Gasteiger partial charge is 0.495 e. The summed E-state index contributed by atoms with van der Waals surface area (Å²) in [7, 11) is 3.37. The molecule has 1 aromatic heterocycles. The van der Waals surface area contributed by atoms with E-state index in [-0.39, 0.29) is 12.1 Å². The minimum absolute atomic E-state index is 0.0512. The molecule has 0 unspecified atom stereocenters. The molecule has 0 amide bonds. The highest BCUT2D eigenvalue weighted by molar-refractivity contribution is 5.89. The van der Waals surface area contributed by atoms with E-state index in [9.17, 15) is 4.79 Å². The molecule has 1 heterocycles. The molecule has 0 saturated heterocycles. The van der Waals surface area contributed by atoms with Gasteiger partial charge in [0, 0.05) is 24.5 Å². The zero-order chi connectivity index (χ0) is 13.4. The Morgan fingerprint density at radius 2 is 2.00 bits per heavy atom. The molecule has 0 saturated carbocycles. The van der Waals surface area contributed by atoms with Crippen molar-refractivity contribution in [2.45, 2.75) is 20.4 Å². The SMILES string of the molecule is COc1cc(C)cc2c(C)c(CN)c(=O)n(C)c12. The van der Waals surface area contributed by atoms with Gasteiger partial charge in [0.2, 0.25) is 0 Å². The van der Waals surface area contributed by atoms with Crippen LogP contribution in [0.2, 0.25) is 0 Å². The first-order valence-corrected chi connectivity index (χ1v) is 5.88. The van der Waals surface area contributed by atoms with Crippen LogP contribution in [0.1, 0.15) is 16.7 Å². The summed E-state index contributed by atoms with van der Waals surface area (Å²) in [5, 5.41) is 1.02. The van der Waals surface area contributed by atoms with E-state index in [0.29, 0.717) is 5.56 Å².